The number of hydrogen-bond donors (Lipinski definition) is 1. The normalized spacial score (nSPS) is 11.6. The molecule has 0 amide bonds. The summed E-state index contributed by atoms with van der Waals surface area (Å²) in [4.78, 5) is 4.45. The maximum absolute atomic E-state index is 5.69. The van der Waals surface area contributed by atoms with Gasteiger partial charge in [0.2, 0.25) is 5.82 Å². The van der Waals surface area contributed by atoms with Gasteiger partial charge in [-0.3, -0.25) is 0 Å². The molecule has 0 radical (unpaired) electrons. The third-order valence-corrected chi connectivity index (χ3v) is 3.59. The summed E-state index contributed by atoms with van der Waals surface area (Å²) in [5, 5.41) is 4.04. The highest BCUT2D eigenvalue weighted by Gasteiger charge is 2.15. The molecule has 3 rings (SSSR count). The monoisotopic (exact) mass is 293 g/mol. The summed E-state index contributed by atoms with van der Waals surface area (Å²) in [6.07, 6.45) is 0. The first-order valence-electron chi connectivity index (χ1n) is 7.24. The molecule has 0 aliphatic rings. The minimum atomic E-state index is 0.127. The van der Waals surface area contributed by atoms with Crippen molar-refractivity contribution in [3.05, 3.63) is 54.1 Å². The second-order valence-electron chi connectivity index (χ2n) is 6.37. The molecule has 0 saturated heterocycles. The second-order valence-corrected chi connectivity index (χ2v) is 6.37. The molecule has 0 atom stereocenters. The van der Waals surface area contributed by atoms with Crippen LogP contribution in [0.1, 0.15) is 26.3 Å². The topological polar surface area (TPSA) is 64.9 Å². The first-order chi connectivity index (χ1) is 10.4. The van der Waals surface area contributed by atoms with Gasteiger partial charge in [0.1, 0.15) is 0 Å². The first kappa shape index (κ1) is 14.3. The molecule has 112 valence electrons. The standard InChI is InChI=1S/C18H19N3O/c1-18(2,3)14-8-4-13(5-9-14)17-20-16(21-22-17)12-6-10-15(19)11-7-12/h4-11H,19H2,1-3H3. The fraction of sp³-hybridized carbons (Fsp3) is 0.222. The number of anilines is 1. The van der Waals surface area contributed by atoms with Gasteiger partial charge in [-0.25, -0.2) is 0 Å². The number of nitrogens with two attached hydrogens (primary N) is 1. The molecule has 2 aromatic carbocycles. The highest BCUT2D eigenvalue weighted by Crippen LogP contribution is 2.26. The lowest BCUT2D eigenvalue weighted by atomic mass is 9.87. The van der Waals surface area contributed by atoms with Crippen LogP contribution < -0.4 is 5.73 Å². The number of aromatic nitrogens is 2. The summed E-state index contributed by atoms with van der Waals surface area (Å²) in [5.41, 5.74) is 9.60. The SMILES string of the molecule is CC(C)(C)c1ccc(-c2nc(-c3ccc(N)cc3)no2)cc1. The van der Waals surface area contributed by atoms with Gasteiger partial charge in [0.05, 0.1) is 0 Å². The van der Waals surface area contributed by atoms with Crippen molar-refractivity contribution in [2.75, 3.05) is 5.73 Å². The minimum absolute atomic E-state index is 0.127. The first-order valence-corrected chi connectivity index (χ1v) is 7.24. The predicted octanol–water partition coefficient (Wildman–Crippen LogP) is 4.28. The summed E-state index contributed by atoms with van der Waals surface area (Å²) >= 11 is 0. The van der Waals surface area contributed by atoms with Crippen molar-refractivity contribution in [1.82, 2.24) is 10.1 Å². The van der Waals surface area contributed by atoms with Crippen molar-refractivity contribution in [1.29, 1.82) is 0 Å². The molecule has 0 aliphatic carbocycles. The van der Waals surface area contributed by atoms with E-state index in [9.17, 15) is 0 Å². The molecule has 0 aliphatic heterocycles. The summed E-state index contributed by atoms with van der Waals surface area (Å²) in [6, 6.07) is 15.6. The van der Waals surface area contributed by atoms with E-state index in [2.05, 4.69) is 43.0 Å². The largest absolute Gasteiger partial charge is 0.399 e. The van der Waals surface area contributed by atoms with Crippen LogP contribution in [0.2, 0.25) is 0 Å². The smallest absolute Gasteiger partial charge is 0.258 e. The molecule has 1 heterocycles. The maximum Gasteiger partial charge on any atom is 0.258 e. The van der Waals surface area contributed by atoms with E-state index in [-0.39, 0.29) is 5.41 Å². The van der Waals surface area contributed by atoms with Crippen molar-refractivity contribution in [2.45, 2.75) is 26.2 Å². The van der Waals surface area contributed by atoms with Gasteiger partial charge in [0.15, 0.2) is 0 Å². The van der Waals surface area contributed by atoms with Crippen molar-refractivity contribution < 1.29 is 4.52 Å². The van der Waals surface area contributed by atoms with E-state index in [1.807, 2.05) is 36.4 Å². The highest BCUT2D eigenvalue weighted by atomic mass is 16.5. The van der Waals surface area contributed by atoms with Crippen LogP contribution in [0.5, 0.6) is 0 Å². The van der Waals surface area contributed by atoms with Gasteiger partial charge < -0.3 is 10.3 Å². The van der Waals surface area contributed by atoms with Gasteiger partial charge >= 0.3 is 0 Å². The lowest BCUT2D eigenvalue weighted by molar-refractivity contribution is 0.432. The van der Waals surface area contributed by atoms with E-state index in [0.29, 0.717) is 17.4 Å². The molecule has 3 aromatic rings. The zero-order valence-corrected chi connectivity index (χ0v) is 13.0. The van der Waals surface area contributed by atoms with E-state index in [1.54, 1.807) is 0 Å². The summed E-state index contributed by atoms with van der Waals surface area (Å²) in [5.74, 6) is 1.09. The average molecular weight is 293 g/mol. The zero-order valence-electron chi connectivity index (χ0n) is 13.0. The van der Waals surface area contributed by atoms with E-state index in [0.717, 1.165) is 11.1 Å². The molecule has 4 heteroatoms. The molecule has 0 fully saturated rings. The van der Waals surface area contributed by atoms with E-state index in [4.69, 9.17) is 10.3 Å². The van der Waals surface area contributed by atoms with Gasteiger partial charge in [-0.15, -0.1) is 0 Å². The lowest BCUT2D eigenvalue weighted by Gasteiger charge is -2.18. The van der Waals surface area contributed by atoms with Crippen molar-refractivity contribution in [3.8, 4) is 22.8 Å². The van der Waals surface area contributed by atoms with Crippen LogP contribution in [0, 0.1) is 0 Å². The van der Waals surface area contributed by atoms with Crippen LogP contribution in [0.25, 0.3) is 22.8 Å². The molecular weight excluding hydrogens is 274 g/mol. The zero-order chi connectivity index (χ0) is 15.7. The Kier molecular flexibility index (Phi) is 3.45. The molecule has 0 bridgehead atoms. The Bertz CT molecular complexity index is 765. The Morgan fingerprint density at radius 3 is 2.05 bits per heavy atom. The number of rotatable bonds is 2. The molecule has 22 heavy (non-hydrogen) atoms. The van der Waals surface area contributed by atoms with Crippen LogP contribution in [-0.2, 0) is 5.41 Å². The van der Waals surface area contributed by atoms with E-state index in [1.165, 1.54) is 5.56 Å². The van der Waals surface area contributed by atoms with Crippen LogP contribution >= 0.6 is 0 Å². The Morgan fingerprint density at radius 2 is 1.45 bits per heavy atom. The third-order valence-electron chi connectivity index (χ3n) is 3.59. The van der Waals surface area contributed by atoms with E-state index < -0.39 is 0 Å². The van der Waals surface area contributed by atoms with Crippen LogP contribution in [0.3, 0.4) is 0 Å². The third kappa shape index (κ3) is 2.86. The second kappa shape index (κ2) is 5.30. The molecule has 0 saturated carbocycles. The predicted molar refractivity (Wildman–Crippen MR) is 88.3 cm³/mol. The molecular formula is C18H19N3O. The van der Waals surface area contributed by atoms with Crippen molar-refractivity contribution in [2.24, 2.45) is 0 Å². The van der Waals surface area contributed by atoms with Crippen molar-refractivity contribution in [3.63, 3.8) is 0 Å². The summed E-state index contributed by atoms with van der Waals surface area (Å²) in [6.45, 7) is 6.57. The Morgan fingerprint density at radius 1 is 0.864 bits per heavy atom. The average Bonchev–Trinajstić information content (AvgIpc) is 2.97. The molecule has 4 nitrogen and oxygen atoms in total. The Balaban J connectivity index is 1.89. The highest BCUT2D eigenvalue weighted by molar-refractivity contribution is 5.61. The fourth-order valence-electron chi connectivity index (χ4n) is 2.20. The quantitative estimate of drug-likeness (QED) is 0.716. The number of nitrogens with zero attached hydrogens (tertiary/aromatic N) is 2. The fourth-order valence-corrected chi connectivity index (χ4v) is 2.20. The summed E-state index contributed by atoms with van der Waals surface area (Å²) < 4.78 is 5.37. The van der Waals surface area contributed by atoms with Crippen LogP contribution in [-0.4, -0.2) is 10.1 Å². The van der Waals surface area contributed by atoms with Gasteiger partial charge in [-0.1, -0.05) is 38.1 Å². The van der Waals surface area contributed by atoms with Gasteiger partial charge in [0, 0.05) is 16.8 Å². The summed E-state index contributed by atoms with van der Waals surface area (Å²) in [7, 11) is 0. The van der Waals surface area contributed by atoms with Crippen molar-refractivity contribution >= 4 is 5.69 Å². The van der Waals surface area contributed by atoms with Crippen LogP contribution in [0.4, 0.5) is 5.69 Å². The number of benzene rings is 2. The molecule has 0 spiro atoms. The van der Waals surface area contributed by atoms with Gasteiger partial charge in [-0.05, 0) is 47.4 Å². The Labute approximate surface area is 130 Å². The van der Waals surface area contributed by atoms with Gasteiger partial charge in [-0.2, -0.15) is 4.98 Å². The van der Waals surface area contributed by atoms with E-state index >= 15 is 0 Å². The maximum atomic E-state index is 5.69. The van der Waals surface area contributed by atoms with Gasteiger partial charge in [0.25, 0.3) is 5.89 Å². The minimum Gasteiger partial charge on any atom is -0.399 e. The molecule has 2 N–H and O–H groups in total. The molecule has 1 aromatic heterocycles. The molecule has 0 unspecified atom stereocenters. The van der Waals surface area contributed by atoms with Crippen LogP contribution in [0.15, 0.2) is 53.1 Å². The Hall–Kier alpha value is -2.62. The number of hydrogen-bond acceptors (Lipinski definition) is 4. The number of nitrogen functional groups attached to an aromatic ring is 1. The lowest BCUT2D eigenvalue weighted by Crippen LogP contribution is -2.10.